The molecule has 27 heavy (non-hydrogen) atoms. The largest absolute Gasteiger partial charge is 0.352 e. The number of halogens is 1. The molecule has 2 rings (SSSR count). The van der Waals surface area contributed by atoms with E-state index in [1.54, 1.807) is 18.2 Å². The molecule has 0 spiro atoms. The van der Waals surface area contributed by atoms with Crippen LogP contribution in [0, 0.1) is 12.8 Å². The van der Waals surface area contributed by atoms with Crippen molar-refractivity contribution in [3.63, 3.8) is 0 Å². The van der Waals surface area contributed by atoms with Gasteiger partial charge in [0.15, 0.2) is 0 Å². The quantitative estimate of drug-likeness (QED) is 0.627. The van der Waals surface area contributed by atoms with Crippen LogP contribution in [0.25, 0.3) is 0 Å². The molecule has 0 aromatic heterocycles. The molecular formula is C21H25ClN2O2S. The van der Waals surface area contributed by atoms with Crippen molar-refractivity contribution in [1.29, 1.82) is 0 Å². The highest BCUT2D eigenvalue weighted by Gasteiger charge is 2.16. The minimum atomic E-state index is -0.264. The first kappa shape index (κ1) is 21.3. The van der Waals surface area contributed by atoms with Gasteiger partial charge < -0.3 is 10.6 Å². The topological polar surface area (TPSA) is 58.2 Å². The third-order valence-electron chi connectivity index (χ3n) is 3.91. The summed E-state index contributed by atoms with van der Waals surface area (Å²) in [5.74, 6) is 0.208. The predicted molar refractivity (Wildman–Crippen MR) is 114 cm³/mol. The molecule has 4 nitrogen and oxygen atoms in total. The molecule has 144 valence electrons. The molecule has 0 saturated heterocycles. The predicted octanol–water partition coefficient (Wildman–Crippen LogP) is 5.15. The van der Waals surface area contributed by atoms with Crippen molar-refractivity contribution in [3.8, 4) is 0 Å². The molecule has 2 aromatic rings. The fourth-order valence-electron chi connectivity index (χ4n) is 2.35. The second kappa shape index (κ2) is 9.81. The Hall–Kier alpha value is -1.98. The summed E-state index contributed by atoms with van der Waals surface area (Å²) in [6, 6.07) is 12.7. The lowest BCUT2D eigenvalue weighted by Crippen LogP contribution is -2.27. The zero-order valence-electron chi connectivity index (χ0n) is 16.0. The van der Waals surface area contributed by atoms with Gasteiger partial charge in [-0.25, -0.2) is 0 Å². The van der Waals surface area contributed by atoms with Crippen LogP contribution in [0.4, 0.5) is 5.69 Å². The lowest BCUT2D eigenvalue weighted by Gasteiger charge is -2.15. The van der Waals surface area contributed by atoms with Crippen LogP contribution < -0.4 is 10.6 Å². The van der Waals surface area contributed by atoms with Crippen molar-refractivity contribution in [3.05, 3.63) is 58.6 Å². The second-order valence-corrected chi connectivity index (χ2v) is 8.69. The molecule has 0 saturated carbocycles. The average Bonchev–Trinajstić information content (AvgIpc) is 2.63. The maximum absolute atomic E-state index is 12.5. The van der Waals surface area contributed by atoms with E-state index in [0.717, 1.165) is 10.5 Å². The number of carbonyl (C=O) groups is 2. The Kier molecular flexibility index (Phi) is 7.75. The molecule has 0 aliphatic heterocycles. The Balaban J connectivity index is 1.98. The lowest BCUT2D eigenvalue weighted by molar-refractivity contribution is -0.115. The molecule has 0 aliphatic carbocycles. The highest BCUT2D eigenvalue weighted by molar-refractivity contribution is 8.00. The molecule has 2 amide bonds. The van der Waals surface area contributed by atoms with Gasteiger partial charge in [0, 0.05) is 27.7 Å². The molecular weight excluding hydrogens is 380 g/mol. The maximum atomic E-state index is 12.5. The van der Waals surface area contributed by atoms with Gasteiger partial charge in [0.1, 0.15) is 0 Å². The number of anilines is 1. The summed E-state index contributed by atoms with van der Waals surface area (Å²) in [6.07, 6.45) is 0. The fourth-order valence-corrected chi connectivity index (χ4v) is 3.34. The summed E-state index contributed by atoms with van der Waals surface area (Å²) in [6.45, 7) is 8.47. The summed E-state index contributed by atoms with van der Waals surface area (Å²) in [4.78, 5) is 25.6. The number of nitrogens with one attached hydrogen (secondary N) is 2. The van der Waals surface area contributed by atoms with Crippen LogP contribution in [0.5, 0.6) is 0 Å². The van der Waals surface area contributed by atoms with E-state index in [2.05, 4.69) is 10.6 Å². The maximum Gasteiger partial charge on any atom is 0.251 e. The lowest BCUT2D eigenvalue weighted by atomic mass is 10.1. The Bertz CT molecular complexity index is 806. The summed E-state index contributed by atoms with van der Waals surface area (Å²) >= 11 is 7.36. The number of aryl methyl sites for hydroxylation is 1. The minimum absolute atomic E-state index is 0.0879. The van der Waals surface area contributed by atoms with E-state index >= 15 is 0 Å². The van der Waals surface area contributed by atoms with Crippen molar-refractivity contribution in [2.75, 3.05) is 11.9 Å². The van der Waals surface area contributed by atoms with Crippen LogP contribution in [0.3, 0.4) is 0 Å². The van der Waals surface area contributed by atoms with E-state index in [4.69, 9.17) is 11.6 Å². The fraction of sp³-hybridized carbons (Fsp3) is 0.333. The molecule has 0 bridgehead atoms. The Morgan fingerprint density at radius 1 is 1.07 bits per heavy atom. The molecule has 2 N–H and O–H groups in total. The van der Waals surface area contributed by atoms with Crippen LogP contribution in [0.1, 0.15) is 36.7 Å². The first-order valence-electron chi connectivity index (χ1n) is 8.88. The van der Waals surface area contributed by atoms with Gasteiger partial charge in [-0.05, 0) is 67.8 Å². The third-order valence-corrected chi connectivity index (χ3v) is 5.28. The van der Waals surface area contributed by atoms with Gasteiger partial charge in [0.25, 0.3) is 5.91 Å². The highest BCUT2D eigenvalue weighted by Crippen LogP contribution is 2.26. The van der Waals surface area contributed by atoms with Crippen molar-refractivity contribution in [1.82, 2.24) is 5.32 Å². The molecule has 1 unspecified atom stereocenters. The number of carbonyl (C=O) groups excluding carboxylic acids is 2. The van der Waals surface area contributed by atoms with Gasteiger partial charge in [-0.15, -0.1) is 11.8 Å². The number of hydrogen-bond acceptors (Lipinski definition) is 3. The summed E-state index contributed by atoms with van der Waals surface area (Å²) in [7, 11) is 0. The molecule has 0 aliphatic rings. The zero-order valence-corrected chi connectivity index (χ0v) is 17.6. The summed E-state index contributed by atoms with van der Waals surface area (Å²) in [5, 5.41) is 6.24. The zero-order chi connectivity index (χ0) is 20.0. The number of rotatable bonds is 7. The number of amides is 2. The van der Waals surface area contributed by atoms with E-state index in [1.807, 2.05) is 52.0 Å². The van der Waals surface area contributed by atoms with E-state index in [1.165, 1.54) is 11.8 Å². The van der Waals surface area contributed by atoms with Crippen LogP contribution in [-0.4, -0.2) is 23.6 Å². The van der Waals surface area contributed by atoms with E-state index in [9.17, 15) is 9.59 Å². The Morgan fingerprint density at radius 3 is 2.33 bits per heavy atom. The van der Waals surface area contributed by atoms with Gasteiger partial charge in [0.05, 0.1) is 5.25 Å². The standard InChI is InChI=1S/C21H25ClN2O2S/c1-13(2)12-23-21(26)16-5-10-19(14(3)11-16)24-20(25)15(4)27-18-8-6-17(22)7-9-18/h5-11,13,15H,12H2,1-4H3,(H,23,26)(H,24,25). The molecule has 0 heterocycles. The monoisotopic (exact) mass is 404 g/mol. The smallest absolute Gasteiger partial charge is 0.251 e. The summed E-state index contributed by atoms with van der Waals surface area (Å²) < 4.78 is 0. The van der Waals surface area contributed by atoms with Crippen molar-refractivity contribution < 1.29 is 9.59 Å². The van der Waals surface area contributed by atoms with Crippen LogP contribution in [0.2, 0.25) is 5.02 Å². The van der Waals surface area contributed by atoms with Crippen LogP contribution >= 0.6 is 23.4 Å². The number of hydrogen-bond donors (Lipinski definition) is 2. The number of thioether (sulfide) groups is 1. The second-order valence-electron chi connectivity index (χ2n) is 6.84. The van der Waals surface area contributed by atoms with Gasteiger partial charge in [-0.3, -0.25) is 9.59 Å². The summed E-state index contributed by atoms with van der Waals surface area (Å²) in [5.41, 5.74) is 2.16. The third kappa shape index (κ3) is 6.60. The van der Waals surface area contributed by atoms with Gasteiger partial charge in [0.2, 0.25) is 5.91 Å². The minimum Gasteiger partial charge on any atom is -0.352 e. The number of benzene rings is 2. The van der Waals surface area contributed by atoms with Crippen molar-refractivity contribution >= 4 is 40.9 Å². The molecule has 0 fully saturated rings. The van der Waals surface area contributed by atoms with Gasteiger partial charge in [-0.1, -0.05) is 25.4 Å². The van der Waals surface area contributed by atoms with Crippen molar-refractivity contribution in [2.45, 2.75) is 37.8 Å². The van der Waals surface area contributed by atoms with E-state index in [-0.39, 0.29) is 17.1 Å². The average molecular weight is 405 g/mol. The first-order valence-corrected chi connectivity index (χ1v) is 10.1. The normalized spacial score (nSPS) is 11.9. The first-order chi connectivity index (χ1) is 12.8. The van der Waals surface area contributed by atoms with Crippen LogP contribution in [-0.2, 0) is 4.79 Å². The molecule has 0 radical (unpaired) electrons. The Labute approximate surface area is 170 Å². The van der Waals surface area contributed by atoms with E-state index < -0.39 is 0 Å². The highest BCUT2D eigenvalue weighted by atomic mass is 35.5. The van der Waals surface area contributed by atoms with Crippen molar-refractivity contribution in [2.24, 2.45) is 5.92 Å². The molecule has 1 atom stereocenters. The van der Waals surface area contributed by atoms with Gasteiger partial charge in [-0.2, -0.15) is 0 Å². The van der Waals surface area contributed by atoms with E-state index in [0.29, 0.717) is 28.7 Å². The SMILES string of the molecule is Cc1cc(C(=O)NCC(C)C)ccc1NC(=O)C(C)Sc1ccc(Cl)cc1. The molecule has 6 heteroatoms. The Morgan fingerprint density at radius 2 is 1.74 bits per heavy atom. The van der Waals surface area contributed by atoms with Gasteiger partial charge >= 0.3 is 0 Å². The molecule has 2 aromatic carbocycles. The van der Waals surface area contributed by atoms with Crippen LogP contribution in [0.15, 0.2) is 47.4 Å².